The summed E-state index contributed by atoms with van der Waals surface area (Å²) >= 11 is 0. The lowest BCUT2D eigenvalue weighted by molar-refractivity contribution is -0.870. The Kier molecular flexibility index (Phi) is 43.9. The Morgan fingerprint density at radius 2 is 0.934 bits per heavy atom. The lowest BCUT2D eigenvalue weighted by atomic mass is 10.0. The topological polar surface area (TPSA) is 108 Å². The molecule has 2 N–H and O–H groups in total. The number of likely N-dealkylation sites (N-methyl/N-ethyl adjacent to an activating group) is 1. The number of hydrogen-bond acceptors (Lipinski definition) is 6. The first kappa shape index (κ1) is 60.2. The number of carbonyl (C=O) groups is 1. The van der Waals surface area contributed by atoms with E-state index in [1.54, 1.807) is 0 Å². The molecule has 0 aliphatic rings. The van der Waals surface area contributed by atoms with Crippen LogP contribution in [0.1, 0.15) is 264 Å². The molecule has 0 aliphatic carbocycles. The minimum absolute atomic E-state index is 0.0124. The van der Waals surface area contributed by atoms with Crippen LogP contribution in [0.5, 0.6) is 0 Å². The highest BCUT2D eigenvalue weighted by Crippen LogP contribution is 2.38. The molecule has 0 aromatic heterocycles. The van der Waals surface area contributed by atoms with Gasteiger partial charge in [0.2, 0.25) is 5.91 Å². The first-order valence-electron chi connectivity index (χ1n) is 26.5. The fraction of sp³-hybridized carbons (Fsp3) is 0.942. The zero-order chi connectivity index (χ0) is 45.0. The molecule has 0 radical (unpaired) electrons. The summed E-state index contributed by atoms with van der Waals surface area (Å²) in [6.07, 6.45) is 52.6. The van der Waals surface area contributed by atoms with Gasteiger partial charge in [-0.25, -0.2) is 0 Å². The summed E-state index contributed by atoms with van der Waals surface area (Å²) in [5.41, 5.74) is 0. The van der Waals surface area contributed by atoms with E-state index < -0.39 is 20.0 Å². The number of phosphoric ester groups is 1. The molecule has 0 aromatic carbocycles. The van der Waals surface area contributed by atoms with E-state index in [1.807, 2.05) is 21.1 Å². The number of hydrogen-bond donors (Lipinski definition) is 2. The standard InChI is InChI=1S/C52H105N2O6P/c1-6-8-10-12-14-16-18-19-20-21-22-23-24-25-26-27-28-29-30-31-32-33-34-35-36-37-39-41-43-45-51(55)50(49-60-61(57,58)59-48-47-54(3,4)5)53-52(56)46-44-42-40-38-17-15-13-11-9-7-2/h11,13,50-51,55H,6-10,12,14-49H2,1-5H3,(H-,53,56,57,58)/b13-11-. The molecule has 364 valence electrons. The molecule has 3 unspecified atom stereocenters. The van der Waals surface area contributed by atoms with Crippen molar-refractivity contribution < 1.29 is 32.9 Å². The summed E-state index contributed by atoms with van der Waals surface area (Å²) in [7, 11) is 1.31. The summed E-state index contributed by atoms with van der Waals surface area (Å²) in [5.74, 6) is -0.174. The van der Waals surface area contributed by atoms with Gasteiger partial charge in [-0.15, -0.1) is 0 Å². The molecule has 0 fully saturated rings. The number of phosphoric acid groups is 1. The number of aliphatic hydroxyl groups is 1. The van der Waals surface area contributed by atoms with E-state index in [1.165, 1.54) is 180 Å². The second-order valence-electron chi connectivity index (χ2n) is 19.6. The van der Waals surface area contributed by atoms with Gasteiger partial charge < -0.3 is 28.8 Å². The normalized spacial score (nSPS) is 14.1. The third kappa shape index (κ3) is 47.0. The predicted octanol–water partition coefficient (Wildman–Crippen LogP) is 14.8. The number of quaternary nitrogens is 1. The van der Waals surface area contributed by atoms with Gasteiger partial charge in [0.1, 0.15) is 13.2 Å². The molecule has 1 amide bonds. The molecule has 0 saturated carbocycles. The molecule has 0 bridgehead atoms. The predicted molar refractivity (Wildman–Crippen MR) is 261 cm³/mol. The van der Waals surface area contributed by atoms with Crippen LogP contribution in [0.2, 0.25) is 0 Å². The molecule has 8 nitrogen and oxygen atoms in total. The largest absolute Gasteiger partial charge is 0.756 e. The maximum atomic E-state index is 12.8. The molecule has 0 aromatic rings. The van der Waals surface area contributed by atoms with Gasteiger partial charge in [0, 0.05) is 6.42 Å². The van der Waals surface area contributed by atoms with Crippen LogP contribution in [-0.2, 0) is 18.4 Å². The SMILES string of the molecule is CCC/C=C\CCCCCCCC(=O)NC(COP(=O)([O-])OCC[N+](C)(C)C)C(O)CCCCCCCCCCCCCCCCCCCCCCCCCCCCCCC. The van der Waals surface area contributed by atoms with Crippen LogP contribution in [0.15, 0.2) is 12.2 Å². The number of nitrogens with zero attached hydrogens (tertiary/aromatic N) is 1. The average molecular weight is 885 g/mol. The minimum atomic E-state index is -4.56. The zero-order valence-electron chi connectivity index (χ0n) is 41.4. The van der Waals surface area contributed by atoms with E-state index in [0.29, 0.717) is 23.9 Å². The Balaban J connectivity index is 4.00. The Hall–Kier alpha value is -0.760. The van der Waals surface area contributed by atoms with E-state index in [2.05, 4.69) is 31.3 Å². The van der Waals surface area contributed by atoms with E-state index in [0.717, 1.165) is 57.8 Å². The number of unbranched alkanes of at least 4 members (excludes halogenated alkanes) is 34. The molecular weight excluding hydrogens is 780 g/mol. The van der Waals surface area contributed by atoms with E-state index >= 15 is 0 Å². The summed E-state index contributed by atoms with van der Waals surface area (Å²) in [6.45, 7) is 4.67. The Bertz CT molecular complexity index is 1000. The Morgan fingerprint density at radius 1 is 0.557 bits per heavy atom. The van der Waals surface area contributed by atoms with Gasteiger partial charge in [0.15, 0.2) is 0 Å². The maximum Gasteiger partial charge on any atom is 0.268 e. The second-order valence-corrected chi connectivity index (χ2v) is 21.0. The van der Waals surface area contributed by atoms with Crippen molar-refractivity contribution in [1.29, 1.82) is 0 Å². The molecule has 3 atom stereocenters. The third-order valence-corrected chi connectivity index (χ3v) is 13.2. The number of nitrogens with one attached hydrogen (secondary N) is 1. The van der Waals surface area contributed by atoms with Crippen molar-refractivity contribution in [1.82, 2.24) is 5.32 Å². The summed E-state index contributed by atoms with van der Waals surface area (Å²) in [5, 5.41) is 13.9. The highest BCUT2D eigenvalue weighted by Gasteiger charge is 2.24. The molecule has 61 heavy (non-hydrogen) atoms. The second kappa shape index (κ2) is 44.4. The molecule has 0 rings (SSSR count). The number of amides is 1. The van der Waals surface area contributed by atoms with Crippen LogP contribution >= 0.6 is 7.82 Å². The van der Waals surface area contributed by atoms with Gasteiger partial charge >= 0.3 is 0 Å². The number of aliphatic hydroxyl groups excluding tert-OH is 1. The fourth-order valence-electron chi connectivity index (χ4n) is 8.04. The maximum absolute atomic E-state index is 12.8. The van der Waals surface area contributed by atoms with E-state index in [4.69, 9.17) is 9.05 Å². The monoisotopic (exact) mass is 885 g/mol. The van der Waals surface area contributed by atoms with Crippen molar-refractivity contribution in [3.8, 4) is 0 Å². The number of carbonyl (C=O) groups excluding carboxylic acids is 1. The molecule has 0 aliphatic heterocycles. The van der Waals surface area contributed by atoms with E-state index in [-0.39, 0.29) is 19.1 Å². The summed E-state index contributed by atoms with van der Waals surface area (Å²) in [6, 6.07) is -0.800. The van der Waals surface area contributed by atoms with Crippen molar-refractivity contribution in [3.05, 3.63) is 12.2 Å². The smallest absolute Gasteiger partial charge is 0.268 e. The van der Waals surface area contributed by atoms with Gasteiger partial charge in [0.05, 0.1) is 39.9 Å². The number of rotatable bonds is 49. The highest BCUT2D eigenvalue weighted by atomic mass is 31.2. The van der Waals surface area contributed by atoms with Crippen molar-refractivity contribution in [2.24, 2.45) is 0 Å². The highest BCUT2D eigenvalue weighted by molar-refractivity contribution is 7.45. The first-order valence-corrected chi connectivity index (χ1v) is 28.0. The molecule has 0 saturated heterocycles. The van der Waals surface area contributed by atoms with Crippen molar-refractivity contribution in [3.63, 3.8) is 0 Å². The Morgan fingerprint density at radius 3 is 1.34 bits per heavy atom. The van der Waals surface area contributed by atoms with Crippen LogP contribution in [-0.4, -0.2) is 68.5 Å². The van der Waals surface area contributed by atoms with Gasteiger partial charge in [-0.2, -0.15) is 0 Å². The number of allylic oxidation sites excluding steroid dienone is 2. The van der Waals surface area contributed by atoms with Crippen molar-refractivity contribution in [2.45, 2.75) is 276 Å². The van der Waals surface area contributed by atoms with Crippen molar-refractivity contribution >= 4 is 13.7 Å². The van der Waals surface area contributed by atoms with Crippen LogP contribution in [0, 0.1) is 0 Å². The zero-order valence-corrected chi connectivity index (χ0v) is 42.3. The summed E-state index contributed by atoms with van der Waals surface area (Å²) in [4.78, 5) is 25.3. The van der Waals surface area contributed by atoms with Gasteiger partial charge in [-0.1, -0.05) is 238 Å². The quantitative estimate of drug-likeness (QED) is 0.0273. The van der Waals surface area contributed by atoms with Gasteiger partial charge in [-0.3, -0.25) is 9.36 Å². The van der Waals surface area contributed by atoms with Gasteiger partial charge in [0.25, 0.3) is 7.82 Å². The average Bonchev–Trinajstić information content (AvgIpc) is 3.21. The summed E-state index contributed by atoms with van der Waals surface area (Å²) < 4.78 is 23.3. The molecule has 9 heteroatoms. The fourth-order valence-corrected chi connectivity index (χ4v) is 8.77. The lowest BCUT2D eigenvalue weighted by Gasteiger charge is -2.30. The molecular formula is C52H105N2O6P. The minimum Gasteiger partial charge on any atom is -0.756 e. The first-order chi connectivity index (χ1) is 29.5. The molecule has 0 heterocycles. The molecule has 0 spiro atoms. The Labute approximate surface area is 380 Å². The van der Waals surface area contributed by atoms with Crippen LogP contribution < -0.4 is 10.2 Å². The van der Waals surface area contributed by atoms with E-state index in [9.17, 15) is 19.4 Å². The van der Waals surface area contributed by atoms with Crippen molar-refractivity contribution in [2.75, 3.05) is 40.9 Å². The van der Waals surface area contributed by atoms with Crippen LogP contribution in [0.25, 0.3) is 0 Å². The lowest BCUT2D eigenvalue weighted by Crippen LogP contribution is -2.46. The van der Waals surface area contributed by atoms with Gasteiger partial charge in [-0.05, 0) is 32.1 Å². The van der Waals surface area contributed by atoms with Crippen LogP contribution in [0.4, 0.5) is 0 Å². The third-order valence-electron chi connectivity index (χ3n) is 12.2. The van der Waals surface area contributed by atoms with Crippen LogP contribution in [0.3, 0.4) is 0 Å².